The minimum Gasteiger partial charge on any atom is -0.465 e. The van der Waals surface area contributed by atoms with Crippen LogP contribution in [0, 0.1) is 5.92 Å². The maximum absolute atomic E-state index is 13.4. The molecule has 2 heterocycles. The van der Waals surface area contributed by atoms with Crippen LogP contribution in [0.5, 0.6) is 0 Å². The quantitative estimate of drug-likeness (QED) is 0.234. The van der Waals surface area contributed by atoms with Gasteiger partial charge in [0.25, 0.3) is 0 Å². The number of nitrogens with zero attached hydrogens (tertiary/aromatic N) is 2. The summed E-state index contributed by atoms with van der Waals surface area (Å²) in [5.74, 6) is 1.62. The summed E-state index contributed by atoms with van der Waals surface area (Å²) in [5, 5.41) is 0. The normalized spacial score (nSPS) is 23.9. The third-order valence-electron chi connectivity index (χ3n) is 7.38. The number of unbranched alkanes of at least 4 members (excludes halogenated alkanes) is 2. The van der Waals surface area contributed by atoms with Crippen molar-refractivity contribution in [1.82, 2.24) is 9.80 Å². The molecule has 0 aromatic rings. The van der Waals surface area contributed by atoms with Gasteiger partial charge in [0.05, 0.1) is 12.8 Å². The van der Waals surface area contributed by atoms with Crippen molar-refractivity contribution in [3.63, 3.8) is 0 Å². The summed E-state index contributed by atoms with van der Waals surface area (Å²) in [6.45, 7) is 17.9. The molecule has 1 fully saturated rings. The largest absolute Gasteiger partial charge is 0.465 e. The molecule has 1 saturated heterocycles. The van der Waals surface area contributed by atoms with Crippen molar-refractivity contribution in [2.24, 2.45) is 5.92 Å². The van der Waals surface area contributed by atoms with E-state index in [9.17, 15) is 4.79 Å². The van der Waals surface area contributed by atoms with E-state index in [1.54, 1.807) is 6.26 Å². The minimum absolute atomic E-state index is 0.250. The number of ether oxygens (including phenoxy) is 2. The van der Waals surface area contributed by atoms with Gasteiger partial charge < -0.3 is 14.4 Å². The molecule has 5 nitrogen and oxygen atoms in total. The third kappa shape index (κ3) is 12.6. The molecule has 3 rings (SSSR count). The molecule has 0 saturated carbocycles. The first-order valence-electron chi connectivity index (χ1n) is 15.8. The van der Waals surface area contributed by atoms with E-state index in [-0.39, 0.29) is 6.79 Å². The van der Waals surface area contributed by atoms with Gasteiger partial charge in [0, 0.05) is 32.1 Å². The molecule has 39 heavy (non-hydrogen) atoms. The van der Waals surface area contributed by atoms with E-state index in [0.717, 1.165) is 83.2 Å². The lowest BCUT2D eigenvalue weighted by atomic mass is 9.93. The first-order valence-corrected chi connectivity index (χ1v) is 15.8. The van der Waals surface area contributed by atoms with Crippen LogP contribution in [0.25, 0.3) is 0 Å². The van der Waals surface area contributed by atoms with E-state index >= 15 is 0 Å². The lowest BCUT2D eigenvalue weighted by Gasteiger charge is -2.29. The predicted molar refractivity (Wildman–Crippen MR) is 166 cm³/mol. The van der Waals surface area contributed by atoms with E-state index in [1.807, 2.05) is 27.7 Å². The molecule has 222 valence electrons. The molecule has 2 atom stereocenters. The maximum atomic E-state index is 13.4. The first-order chi connectivity index (χ1) is 19.1. The van der Waals surface area contributed by atoms with Gasteiger partial charge in [0.1, 0.15) is 5.76 Å². The first kappa shape index (κ1) is 34.8. The summed E-state index contributed by atoms with van der Waals surface area (Å²) in [6.07, 6.45) is 24.4. The topological polar surface area (TPSA) is 42.0 Å². The molecule has 0 spiro atoms. The van der Waals surface area contributed by atoms with Crippen molar-refractivity contribution in [3.05, 3.63) is 59.6 Å². The second-order valence-corrected chi connectivity index (χ2v) is 9.98. The standard InChI is InChI=1S/C30H46N2O3.2C2H6/c1-4-7-18-31(19-8-5-2)30(33)23-32-22-27(21-28(32)15-13-25-11-9-10-12-25)26-14-16-29(6-3)35-24-34-20-17-26;2*1-2/h9-11,14,16-17,20,27-28H,4-8,12-13,15,18-19,21-24H2,1-3H3;2*1-2H3/b20-17+,26-14+,29-16+;;/t27-,28?;;/m1../s1. The fourth-order valence-electron chi connectivity index (χ4n) is 5.14. The maximum Gasteiger partial charge on any atom is 0.236 e. The zero-order valence-corrected chi connectivity index (χ0v) is 26.2. The Morgan fingerprint density at radius 2 is 1.74 bits per heavy atom. The number of rotatable bonds is 13. The highest BCUT2D eigenvalue weighted by Crippen LogP contribution is 2.34. The molecule has 1 aliphatic carbocycles. The molecule has 5 heteroatoms. The van der Waals surface area contributed by atoms with E-state index < -0.39 is 0 Å². The van der Waals surface area contributed by atoms with Gasteiger partial charge in [-0.15, -0.1) is 0 Å². The van der Waals surface area contributed by atoms with Crippen LogP contribution >= 0.6 is 0 Å². The smallest absolute Gasteiger partial charge is 0.236 e. The van der Waals surface area contributed by atoms with Crippen LogP contribution in [0.4, 0.5) is 0 Å². The summed E-state index contributed by atoms with van der Waals surface area (Å²) in [7, 11) is 0. The minimum atomic E-state index is 0.250. The van der Waals surface area contributed by atoms with E-state index in [2.05, 4.69) is 67.0 Å². The van der Waals surface area contributed by atoms with Crippen LogP contribution in [0.15, 0.2) is 59.6 Å². The van der Waals surface area contributed by atoms with Crippen LogP contribution < -0.4 is 0 Å². The summed E-state index contributed by atoms with van der Waals surface area (Å²) in [4.78, 5) is 18.0. The Balaban J connectivity index is 0.00000181. The lowest BCUT2D eigenvalue weighted by molar-refractivity contribution is -0.132. The van der Waals surface area contributed by atoms with Gasteiger partial charge in [0.2, 0.25) is 12.7 Å². The highest BCUT2D eigenvalue weighted by Gasteiger charge is 2.35. The number of carbonyl (C=O) groups is 1. The molecule has 0 bridgehead atoms. The number of hydrogen-bond donors (Lipinski definition) is 0. The van der Waals surface area contributed by atoms with Gasteiger partial charge in [-0.2, -0.15) is 0 Å². The van der Waals surface area contributed by atoms with E-state index in [0.29, 0.717) is 24.4 Å². The Labute approximate surface area is 240 Å². The summed E-state index contributed by atoms with van der Waals surface area (Å²) >= 11 is 0. The monoisotopic (exact) mass is 542 g/mol. The third-order valence-corrected chi connectivity index (χ3v) is 7.38. The molecule has 1 amide bonds. The van der Waals surface area contributed by atoms with E-state index in [4.69, 9.17) is 9.47 Å². The average Bonchev–Trinajstić information content (AvgIpc) is 3.65. The van der Waals surface area contributed by atoms with Crippen LogP contribution in [0.1, 0.15) is 106 Å². The average molecular weight is 543 g/mol. The van der Waals surface area contributed by atoms with Gasteiger partial charge in [-0.1, -0.05) is 91.2 Å². The van der Waals surface area contributed by atoms with Crippen molar-refractivity contribution in [1.29, 1.82) is 0 Å². The molecule has 2 aliphatic heterocycles. The number of amides is 1. The summed E-state index contributed by atoms with van der Waals surface area (Å²) in [5.41, 5.74) is 2.77. The van der Waals surface area contributed by atoms with Crippen LogP contribution in [0.3, 0.4) is 0 Å². The van der Waals surface area contributed by atoms with Gasteiger partial charge in [0.15, 0.2) is 0 Å². The Morgan fingerprint density at radius 1 is 1.03 bits per heavy atom. The van der Waals surface area contributed by atoms with Crippen molar-refractivity contribution in [2.75, 3.05) is 33.0 Å². The van der Waals surface area contributed by atoms with Gasteiger partial charge >= 0.3 is 0 Å². The Bertz CT molecular complexity index is 816. The van der Waals surface area contributed by atoms with Gasteiger partial charge in [-0.3, -0.25) is 9.69 Å². The SMILES string of the molecule is CC.CC.CCCCN(CCCC)C(=O)CN1C[C@H](C2=C/C=C(\CC)OCO\C=C\2)CC1CCC1=CC=CC1. The predicted octanol–water partition coefficient (Wildman–Crippen LogP) is 8.56. The molecule has 0 radical (unpaired) electrons. The van der Waals surface area contributed by atoms with Crippen molar-refractivity contribution >= 4 is 5.91 Å². The number of allylic oxidation sites excluding steroid dienone is 8. The fourth-order valence-corrected chi connectivity index (χ4v) is 5.14. The molecule has 0 aromatic carbocycles. The van der Waals surface area contributed by atoms with Gasteiger partial charge in [-0.05, 0) is 62.2 Å². The zero-order valence-electron chi connectivity index (χ0n) is 26.2. The van der Waals surface area contributed by atoms with Crippen LogP contribution in [-0.2, 0) is 14.3 Å². The van der Waals surface area contributed by atoms with E-state index in [1.165, 1.54) is 11.1 Å². The molecule has 0 N–H and O–H groups in total. The molecular formula is C34H58N2O3. The Morgan fingerprint density at radius 3 is 2.36 bits per heavy atom. The number of carbonyl (C=O) groups excluding carboxylic acids is 1. The van der Waals surface area contributed by atoms with Crippen LogP contribution in [0.2, 0.25) is 0 Å². The zero-order chi connectivity index (χ0) is 28.9. The molecular weight excluding hydrogens is 484 g/mol. The number of hydrogen-bond acceptors (Lipinski definition) is 4. The van der Waals surface area contributed by atoms with Gasteiger partial charge in [-0.25, -0.2) is 0 Å². The molecule has 3 aliphatic rings. The van der Waals surface area contributed by atoms with Crippen molar-refractivity contribution in [2.45, 2.75) is 112 Å². The highest BCUT2D eigenvalue weighted by molar-refractivity contribution is 5.78. The second-order valence-electron chi connectivity index (χ2n) is 9.98. The van der Waals surface area contributed by atoms with Crippen molar-refractivity contribution < 1.29 is 14.3 Å². The lowest BCUT2D eigenvalue weighted by Crippen LogP contribution is -2.43. The highest BCUT2D eigenvalue weighted by atomic mass is 16.7. The second kappa shape index (κ2) is 21.5. The Hall–Kier alpha value is -2.27. The number of likely N-dealkylation sites (tertiary alicyclic amines) is 1. The van der Waals surface area contributed by atoms with Crippen LogP contribution in [-0.4, -0.2) is 54.7 Å². The molecule has 0 aromatic heterocycles. The Kier molecular flexibility index (Phi) is 19.2. The van der Waals surface area contributed by atoms with Crippen molar-refractivity contribution in [3.8, 4) is 0 Å². The molecule has 1 unspecified atom stereocenters. The summed E-state index contributed by atoms with van der Waals surface area (Å²) in [6, 6.07) is 0.415. The summed E-state index contributed by atoms with van der Waals surface area (Å²) < 4.78 is 11.2. The fraction of sp³-hybridized carbons (Fsp3) is 0.676.